The predicted octanol–water partition coefficient (Wildman–Crippen LogP) is 3.52. The Labute approximate surface area is 215 Å². The molecule has 1 aromatic carbocycles. The van der Waals surface area contributed by atoms with E-state index in [0.29, 0.717) is 19.6 Å². The van der Waals surface area contributed by atoms with Crippen molar-refractivity contribution in [3.05, 3.63) is 35.9 Å². The van der Waals surface area contributed by atoms with E-state index in [1.165, 1.54) is 0 Å². The summed E-state index contributed by atoms with van der Waals surface area (Å²) in [6.45, 7) is 3.35. The number of amides is 2. The first-order valence-corrected chi connectivity index (χ1v) is 12.0. The van der Waals surface area contributed by atoms with Gasteiger partial charge in [-0.15, -0.1) is 0 Å². The number of hydrogen-bond acceptors (Lipinski definition) is 6. The maximum Gasteiger partial charge on any atom is 0.434 e. The average molecular weight is 550 g/mol. The summed E-state index contributed by atoms with van der Waals surface area (Å²) in [5.41, 5.74) is 1.10. The molecule has 0 aliphatic carbocycles. The molecule has 0 spiro atoms. The van der Waals surface area contributed by atoms with Gasteiger partial charge in [0.15, 0.2) is 0 Å². The van der Waals surface area contributed by atoms with Crippen molar-refractivity contribution in [2.24, 2.45) is 22.7 Å². The number of ether oxygens (including phenoxy) is 1. The van der Waals surface area contributed by atoms with Crippen LogP contribution in [0.15, 0.2) is 35.3 Å². The van der Waals surface area contributed by atoms with Crippen LogP contribution in [-0.4, -0.2) is 91.5 Å². The highest BCUT2D eigenvalue weighted by atomic mass is 19.4. The molecule has 0 aromatic heterocycles. The molecule has 2 fully saturated rings. The number of likely N-dealkylation sites (tertiary alicyclic amines) is 2. The highest BCUT2D eigenvalue weighted by Gasteiger charge is 2.60. The second-order valence-corrected chi connectivity index (χ2v) is 9.29. The van der Waals surface area contributed by atoms with Crippen LogP contribution in [0, 0.1) is 23.2 Å². The van der Waals surface area contributed by atoms with Crippen molar-refractivity contribution in [2.75, 3.05) is 39.3 Å². The van der Waals surface area contributed by atoms with E-state index in [1.807, 2.05) is 35.2 Å². The summed E-state index contributed by atoms with van der Waals surface area (Å²) in [6.07, 6.45) is -16.3. The first kappa shape index (κ1) is 29.4. The quantitative estimate of drug-likeness (QED) is 0.364. The summed E-state index contributed by atoms with van der Waals surface area (Å²) >= 11 is 0. The number of rotatable bonds is 9. The van der Waals surface area contributed by atoms with E-state index in [1.54, 1.807) is 6.92 Å². The number of hydrogen-bond donors (Lipinski definition) is 2. The van der Waals surface area contributed by atoms with Gasteiger partial charge in [0.25, 0.3) is 12.0 Å². The highest BCUT2D eigenvalue weighted by molar-refractivity contribution is 6.42. The molecule has 14 heteroatoms. The van der Waals surface area contributed by atoms with E-state index < -0.39 is 36.4 Å². The minimum atomic E-state index is -5.77. The van der Waals surface area contributed by atoms with Gasteiger partial charge < -0.3 is 25.3 Å². The second kappa shape index (κ2) is 12.1. The summed E-state index contributed by atoms with van der Waals surface area (Å²) in [6, 6.07) is 9.27. The Balaban J connectivity index is 1.56. The molecule has 0 radical (unpaired) electrons. The van der Waals surface area contributed by atoms with Crippen LogP contribution >= 0.6 is 0 Å². The van der Waals surface area contributed by atoms with E-state index in [4.69, 9.17) is 5.41 Å². The maximum absolute atomic E-state index is 12.8. The molecule has 3 unspecified atom stereocenters. The average Bonchev–Trinajstić information content (AvgIpc) is 3.41. The van der Waals surface area contributed by atoms with Gasteiger partial charge in [0, 0.05) is 52.0 Å². The zero-order chi connectivity index (χ0) is 28.1. The van der Waals surface area contributed by atoms with E-state index in [-0.39, 0.29) is 43.7 Å². The van der Waals surface area contributed by atoms with Crippen molar-refractivity contribution >= 4 is 23.9 Å². The van der Waals surface area contributed by atoms with Crippen LogP contribution in [-0.2, 0) is 16.1 Å². The van der Waals surface area contributed by atoms with Gasteiger partial charge in [-0.1, -0.05) is 30.3 Å². The Morgan fingerprint density at radius 1 is 1.08 bits per heavy atom. The standard InChI is InChI=1S/C24H29F6N5O3/c1-2-32-19(20(36)33-9-15-6-4-3-5-7-15)16(8-31)10-34-11-17-13-35(14-18(17)12-34)22(37)38-21(23(25,26)27)24(28,29)30/h3-8,16-18,21,31H,2,9-14H2,1H3,(H,33,36). The smallest absolute Gasteiger partial charge is 0.426 e. The second-order valence-electron chi connectivity index (χ2n) is 9.29. The van der Waals surface area contributed by atoms with Gasteiger partial charge in [0.05, 0.1) is 5.92 Å². The minimum absolute atomic E-state index is 0.0504. The Bertz CT molecular complexity index is 989. The largest absolute Gasteiger partial charge is 0.434 e. The fraction of sp³-hybridized carbons (Fsp3) is 0.583. The lowest BCUT2D eigenvalue weighted by Gasteiger charge is -2.27. The van der Waals surface area contributed by atoms with Crippen molar-refractivity contribution in [2.45, 2.75) is 31.9 Å². The van der Waals surface area contributed by atoms with Crippen molar-refractivity contribution in [3.63, 3.8) is 0 Å². The van der Waals surface area contributed by atoms with Gasteiger partial charge in [-0.25, -0.2) is 4.79 Å². The number of fused-ring (bicyclic) bond motifs is 1. The molecule has 210 valence electrons. The summed E-state index contributed by atoms with van der Waals surface area (Å²) in [4.78, 5) is 32.0. The number of nitrogens with one attached hydrogen (secondary N) is 2. The van der Waals surface area contributed by atoms with E-state index in [0.717, 1.165) is 16.7 Å². The van der Waals surface area contributed by atoms with Gasteiger partial charge in [-0.2, -0.15) is 26.3 Å². The fourth-order valence-electron chi connectivity index (χ4n) is 4.78. The van der Waals surface area contributed by atoms with Gasteiger partial charge in [0.2, 0.25) is 0 Å². The molecule has 2 N–H and O–H groups in total. The van der Waals surface area contributed by atoms with Crippen LogP contribution in [0.4, 0.5) is 31.1 Å². The molecule has 3 rings (SSSR count). The van der Waals surface area contributed by atoms with Gasteiger partial charge in [0.1, 0.15) is 5.71 Å². The van der Waals surface area contributed by atoms with Gasteiger partial charge in [-0.3, -0.25) is 9.79 Å². The summed E-state index contributed by atoms with van der Waals surface area (Å²) < 4.78 is 80.2. The van der Waals surface area contributed by atoms with E-state index in [9.17, 15) is 35.9 Å². The van der Waals surface area contributed by atoms with Crippen LogP contribution in [0.3, 0.4) is 0 Å². The normalized spacial score (nSPS) is 21.4. The Morgan fingerprint density at radius 2 is 1.66 bits per heavy atom. The van der Waals surface area contributed by atoms with Crippen molar-refractivity contribution in [3.8, 4) is 0 Å². The highest BCUT2D eigenvalue weighted by Crippen LogP contribution is 2.37. The van der Waals surface area contributed by atoms with Crippen LogP contribution in [0.2, 0.25) is 0 Å². The van der Waals surface area contributed by atoms with Gasteiger partial charge in [-0.05, 0) is 24.3 Å². The Hall–Kier alpha value is -3.16. The number of carbonyl (C=O) groups excluding carboxylic acids is 2. The monoisotopic (exact) mass is 549 g/mol. The minimum Gasteiger partial charge on any atom is -0.426 e. The Kier molecular flexibility index (Phi) is 9.39. The third-order valence-corrected chi connectivity index (χ3v) is 6.50. The third kappa shape index (κ3) is 7.45. The molecule has 2 aliphatic rings. The molecule has 8 nitrogen and oxygen atoms in total. The summed E-state index contributed by atoms with van der Waals surface area (Å²) in [5.74, 6) is -1.41. The molecule has 2 amide bonds. The van der Waals surface area contributed by atoms with Crippen LogP contribution in [0.25, 0.3) is 0 Å². The van der Waals surface area contributed by atoms with Crippen molar-refractivity contribution < 1.29 is 40.7 Å². The topological polar surface area (TPSA) is 98.1 Å². The zero-order valence-corrected chi connectivity index (χ0v) is 20.6. The molecule has 2 aliphatic heterocycles. The third-order valence-electron chi connectivity index (χ3n) is 6.50. The first-order chi connectivity index (χ1) is 17.8. The van der Waals surface area contributed by atoms with Crippen molar-refractivity contribution in [1.29, 1.82) is 5.41 Å². The number of benzene rings is 1. The summed E-state index contributed by atoms with van der Waals surface area (Å²) in [5, 5.41) is 10.7. The predicted molar refractivity (Wildman–Crippen MR) is 126 cm³/mol. The molecule has 0 bridgehead atoms. The molecule has 3 atom stereocenters. The molecular formula is C24H29F6N5O3. The van der Waals surface area contributed by atoms with Crippen LogP contribution in [0.5, 0.6) is 0 Å². The van der Waals surface area contributed by atoms with E-state index in [2.05, 4.69) is 15.0 Å². The molecule has 1 aromatic rings. The summed E-state index contributed by atoms with van der Waals surface area (Å²) in [7, 11) is 0. The maximum atomic E-state index is 12.8. The molecule has 2 saturated heterocycles. The first-order valence-electron chi connectivity index (χ1n) is 12.0. The number of halogens is 6. The SMILES string of the molecule is CCN=C(C(=O)NCc1ccccc1)C(C=N)CN1CC2CN(C(=O)OC(C(F)(F)F)C(F)(F)F)CC2C1. The lowest BCUT2D eigenvalue weighted by molar-refractivity contribution is -0.308. The van der Waals surface area contributed by atoms with Gasteiger partial charge >= 0.3 is 18.4 Å². The van der Waals surface area contributed by atoms with E-state index >= 15 is 0 Å². The van der Waals surface area contributed by atoms with Crippen molar-refractivity contribution in [1.82, 2.24) is 15.1 Å². The lowest BCUT2D eigenvalue weighted by Crippen LogP contribution is -2.48. The molecule has 38 heavy (non-hydrogen) atoms. The number of alkyl halides is 6. The molecular weight excluding hydrogens is 520 g/mol. The fourth-order valence-corrected chi connectivity index (χ4v) is 4.78. The van der Waals surface area contributed by atoms with Crippen LogP contribution < -0.4 is 5.32 Å². The lowest BCUT2D eigenvalue weighted by atomic mass is 10.0. The zero-order valence-electron chi connectivity index (χ0n) is 20.6. The number of aliphatic imine (C=N–C) groups is 1. The molecule has 2 heterocycles. The number of carbonyl (C=O) groups is 2. The molecule has 0 saturated carbocycles. The Morgan fingerprint density at radius 3 is 2.16 bits per heavy atom. The number of nitrogens with zero attached hydrogens (tertiary/aromatic N) is 3. The van der Waals surface area contributed by atoms with Crippen LogP contribution in [0.1, 0.15) is 12.5 Å².